The second kappa shape index (κ2) is 8.87. The average Bonchev–Trinajstić information content (AvgIpc) is 2.69. The summed E-state index contributed by atoms with van der Waals surface area (Å²) in [4.78, 5) is 0. The Morgan fingerprint density at radius 1 is 0.926 bits per heavy atom. The quantitative estimate of drug-likeness (QED) is 0.550. The molecule has 0 radical (unpaired) electrons. The van der Waals surface area contributed by atoms with Gasteiger partial charge in [0.2, 0.25) is 0 Å². The molecular formula is C22H28F2O2Si. The minimum absolute atomic E-state index is 0.0916. The monoisotopic (exact) mass is 390 g/mol. The van der Waals surface area contributed by atoms with Crippen molar-refractivity contribution in [3.8, 4) is 11.5 Å². The Morgan fingerprint density at radius 2 is 1.52 bits per heavy atom. The molecule has 0 atom stereocenters. The van der Waals surface area contributed by atoms with E-state index >= 15 is 0 Å². The number of methoxy groups -OCH3 is 1. The molecule has 0 aliphatic heterocycles. The third-order valence-corrected chi connectivity index (χ3v) is 7.78. The van der Waals surface area contributed by atoms with Gasteiger partial charge in [-0.25, -0.2) is 0 Å². The van der Waals surface area contributed by atoms with E-state index in [1.54, 1.807) is 12.1 Å². The standard InChI is InChI=1S/C22H28F2O2Si/c1-3-27-21-14-6-17(7-15-21)16-4-8-18(9-5-16)22(23,24)26-20-12-10-19(25-2)11-13-20/h4-5,8-13,17,21H,3,6-7,14-15,27H2,1-2H3. The van der Waals surface area contributed by atoms with E-state index in [9.17, 15) is 8.78 Å². The van der Waals surface area contributed by atoms with Crippen LogP contribution in [0.4, 0.5) is 8.78 Å². The van der Waals surface area contributed by atoms with E-state index in [0.29, 0.717) is 11.7 Å². The van der Waals surface area contributed by atoms with E-state index in [1.807, 2.05) is 12.1 Å². The first kappa shape index (κ1) is 19.9. The fourth-order valence-corrected chi connectivity index (χ4v) is 5.86. The van der Waals surface area contributed by atoms with Gasteiger partial charge < -0.3 is 9.47 Å². The first-order valence-corrected chi connectivity index (χ1v) is 11.6. The highest BCUT2D eigenvalue weighted by Gasteiger charge is 2.34. The van der Waals surface area contributed by atoms with E-state index < -0.39 is 6.11 Å². The summed E-state index contributed by atoms with van der Waals surface area (Å²) in [6.07, 6.45) is 1.63. The Bertz CT molecular complexity index is 708. The molecule has 0 heterocycles. The fourth-order valence-electron chi connectivity index (χ4n) is 3.99. The second-order valence-electron chi connectivity index (χ2n) is 7.42. The van der Waals surface area contributed by atoms with E-state index in [0.717, 1.165) is 5.54 Å². The lowest BCUT2D eigenvalue weighted by molar-refractivity contribution is -0.185. The Balaban J connectivity index is 1.63. The number of alkyl halides is 2. The lowest BCUT2D eigenvalue weighted by Crippen LogP contribution is -2.22. The highest BCUT2D eigenvalue weighted by atomic mass is 28.2. The predicted molar refractivity (Wildman–Crippen MR) is 108 cm³/mol. The van der Waals surface area contributed by atoms with Gasteiger partial charge in [-0.2, -0.15) is 8.78 Å². The number of hydrogen-bond donors (Lipinski definition) is 0. The first-order valence-electron chi connectivity index (χ1n) is 9.83. The van der Waals surface area contributed by atoms with E-state index in [2.05, 4.69) is 6.92 Å². The molecule has 0 amide bonds. The van der Waals surface area contributed by atoms with Crippen molar-refractivity contribution in [3.63, 3.8) is 0 Å². The zero-order valence-electron chi connectivity index (χ0n) is 16.1. The van der Waals surface area contributed by atoms with E-state index in [1.165, 1.54) is 68.7 Å². The Hall–Kier alpha value is -1.88. The predicted octanol–water partition coefficient (Wildman–Crippen LogP) is 5.88. The van der Waals surface area contributed by atoms with Crippen molar-refractivity contribution in [2.75, 3.05) is 7.11 Å². The minimum atomic E-state index is -3.36. The van der Waals surface area contributed by atoms with Gasteiger partial charge in [0.25, 0.3) is 0 Å². The average molecular weight is 391 g/mol. The summed E-state index contributed by atoms with van der Waals surface area (Å²) in [7, 11) is 1.62. The fraction of sp³-hybridized carbons (Fsp3) is 0.455. The third-order valence-electron chi connectivity index (χ3n) is 5.57. The number of halogens is 2. The minimum Gasteiger partial charge on any atom is -0.497 e. The van der Waals surface area contributed by atoms with Crippen LogP contribution in [-0.2, 0) is 6.11 Å². The molecule has 0 unspecified atom stereocenters. The first-order chi connectivity index (χ1) is 13.0. The van der Waals surface area contributed by atoms with Crippen LogP contribution < -0.4 is 9.47 Å². The Labute approximate surface area is 162 Å². The highest BCUT2D eigenvalue weighted by molar-refractivity contribution is 6.37. The summed E-state index contributed by atoms with van der Waals surface area (Å²) in [5.74, 6) is 1.23. The maximum Gasteiger partial charge on any atom is 0.426 e. The molecule has 1 aliphatic rings. The van der Waals surface area contributed by atoms with Gasteiger partial charge in [0, 0.05) is 9.52 Å². The molecule has 2 aromatic carbocycles. The topological polar surface area (TPSA) is 18.5 Å². The van der Waals surface area contributed by atoms with Crippen LogP contribution in [0.3, 0.4) is 0 Å². The molecule has 3 rings (SSSR count). The van der Waals surface area contributed by atoms with Crippen LogP contribution in [0.5, 0.6) is 11.5 Å². The largest absolute Gasteiger partial charge is 0.497 e. The van der Waals surface area contributed by atoms with Crippen LogP contribution in [-0.4, -0.2) is 16.6 Å². The van der Waals surface area contributed by atoms with Crippen molar-refractivity contribution in [3.05, 3.63) is 59.7 Å². The van der Waals surface area contributed by atoms with Gasteiger partial charge in [0.05, 0.1) is 12.7 Å². The van der Waals surface area contributed by atoms with Gasteiger partial charge in [-0.1, -0.05) is 43.5 Å². The molecular weight excluding hydrogens is 362 g/mol. The van der Waals surface area contributed by atoms with Crippen LogP contribution >= 0.6 is 0 Å². The van der Waals surface area contributed by atoms with Crippen LogP contribution in [0.1, 0.15) is 49.7 Å². The maximum atomic E-state index is 14.5. The summed E-state index contributed by atoms with van der Waals surface area (Å²) < 4.78 is 38.9. The summed E-state index contributed by atoms with van der Waals surface area (Å²) in [6.45, 7) is 2.30. The van der Waals surface area contributed by atoms with Crippen LogP contribution in [0, 0.1) is 0 Å². The smallest absolute Gasteiger partial charge is 0.426 e. The molecule has 0 bridgehead atoms. The summed E-state index contributed by atoms with van der Waals surface area (Å²) in [5, 5.41) is 0. The number of ether oxygens (including phenoxy) is 2. The number of hydrogen-bond acceptors (Lipinski definition) is 2. The molecule has 0 saturated heterocycles. The van der Waals surface area contributed by atoms with Crippen molar-refractivity contribution < 1.29 is 18.3 Å². The molecule has 1 saturated carbocycles. The molecule has 1 fully saturated rings. The van der Waals surface area contributed by atoms with E-state index in [4.69, 9.17) is 9.47 Å². The van der Waals surface area contributed by atoms with Gasteiger partial charge in [-0.3, -0.25) is 0 Å². The molecule has 146 valence electrons. The molecule has 0 N–H and O–H groups in total. The summed E-state index contributed by atoms with van der Waals surface area (Å²) >= 11 is 0. The van der Waals surface area contributed by atoms with Crippen molar-refractivity contribution in [1.82, 2.24) is 0 Å². The lowest BCUT2D eigenvalue weighted by Gasteiger charge is -2.28. The highest BCUT2D eigenvalue weighted by Crippen LogP contribution is 2.39. The zero-order valence-corrected chi connectivity index (χ0v) is 17.5. The molecule has 2 aromatic rings. The van der Waals surface area contributed by atoms with Gasteiger partial charge in [0.15, 0.2) is 0 Å². The number of benzene rings is 2. The van der Waals surface area contributed by atoms with Gasteiger partial charge in [-0.15, -0.1) is 0 Å². The maximum absolute atomic E-state index is 14.5. The van der Waals surface area contributed by atoms with Crippen LogP contribution in [0.15, 0.2) is 48.5 Å². The van der Waals surface area contributed by atoms with Crippen molar-refractivity contribution in [2.45, 2.75) is 56.2 Å². The van der Waals surface area contributed by atoms with E-state index in [-0.39, 0.29) is 20.8 Å². The van der Waals surface area contributed by atoms with Crippen molar-refractivity contribution >= 4 is 9.52 Å². The summed E-state index contributed by atoms with van der Waals surface area (Å²) in [6, 6.07) is 14.3. The third kappa shape index (κ3) is 5.10. The molecule has 5 heteroatoms. The van der Waals surface area contributed by atoms with Crippen molar-refractivity contribution in [2.24, 2.45) is 0 Å². The molecule has 1 aliphatic carbocycles. The Kier molecular flexibility index (Phi) is 6.53. The zero-order chi connectivity index (χ0) is 19.3. The van der Waals surface area contributed by atoms with Gasteiger partial charge >= 0.3 is 6.11 Å². The molecule has 27 heavy (non-hydrogen) atoms. The van der Waals surface area contributed by atoms with Crippen LogP contribution in [0.25, 0.3) is 0 Å². The molecule has 0 aromatic heterocycles. The van der Waals surface area contributed by atoms with Crippen molar-refractivity contribution in [1.29, 1.82) is 0 Å². The van der Waals surface area contributed by atoms with Crippen LogP contribution in [0.2, 0.25) is 11.6 Å². The Morgan fingerprint density at radius 3 is 2.07 bits per heavy atom. The second-order valence-corrected chi connectivity index (χ2v) is 10.2. The number of rotatable bonds is 7. The summed E-state index contributed by atoms with van der Waals surface area (Å²) in [5.41, 5.74) is 2.04. The molecule has 2 nitrogen and oxygen atoms in total. The van der Waals surface area contributed by atoms with Gasteiger partial charge in [0.1, 0.15) is 11.5 Å². The molecule has 0 spiro atoms. The lowest BCUT2D eigenvalue weighted by atomic mass is 9.83. The SMILES string of the molecule is CC[SiH2]C1CCC(c2ccc(C(F)(F)Oc3ccc(OC)cc3)cc2)CC1. The normalized spacial score (nSPS) is 20.7. The van der Waals surface area contributed by atoms with Gasteiger partial charge in [-0.05, 0) is 60.7 Å².